The van der Waals surface area contributed by atoms with Crippen molar-refractivity contribution in [1.29, 1.82) is 0 Å². The van der Waals surface area contributed by atoms with E-state index in [9.17, 15) is 13.2 Å². The molecule has 114 valence electrons. The van der Waals surface area contributed by atoms with Crippen molar-refractivity contribution >= 4 is 16.7 Å². The lowest BCUT2D eigenvalue weighted by Gasteiger charge is -2.12. The van der Waals surface area contributed by atoms with Crippen LogP contribution < -0.4 is 5.32 Å². The molecule has 0 aliphatic heterocycles. The number of rotatable bonds is 3. The van der Waals surface area contributed by atoms with Crippen LogP contribution >= 0.6 is 11.5 Å². The van der Waals surface area contributed by atoms with Crippen molar-refractivity contribution in [2.45, 2.75) is 38.9 Å². The Labute approximate surface area is 125 Å². The maximum absolute atomic E-state index is 12.5. The summed E-state index contributed by atoms with van der Waals surface area (Å²) in [5.41, 5.74) is -0.00202. The van der Waals surface area contributed by atoms with E-state index in [1.807, 2.05) is 20.8 Å². The van der Waals surface area contributed by atoms with Gasteiger partial charge < -0.3 is 5.32 Å². The number of nitrogens with zero attached hydrogens (tertiary/aromatic N) is 2. The summed E-state index contributed by atoms with van der Waals surface area (Å²) in [4.78, 5) is 4.37. The summed E-state index contributed by atoms with van der Waals surface area (Å²) in [5.74, 6) is 0.752. The minimum absolute atomic E-state index is 0.120. The van der Waals surface area contributed by atoms with Crippen LogP contribution in [0.25, 0.3) is 0 Å². The molecule has 0 radical (unpaired) electrons. The number of benzene rings is 1. The number of halogens is 3. The van der Waals surface area contributed by atoms with Gasteiger partial charge in [-0.3, -0.25) is 0 Å². The molecule has 1 heterocycles. The number of alkyl halides is 3. The highest BCUT2D eigenvalue weighted by molar-refractivity contribution is 7.09. The molecule has 21 heavy (non-hydrogen) atoms. The molecule has 0 aliphatic rings. The van der Waals surface area contributed by atoms with Gasteiger partial charge in [-0.2, -0.15) is 17.5 Å². The monoisotopic (exact) mass is 315 g/mol. The topological polar surface area (TPSA) is 37.8 Å². The van der Waals surface area contributed by atoms with Crippen LogP contribution in [0.15, 0.2) is 24.3 Å². The third-order valence-electron chi connectivity index (χ3n) is 2.82. The second kappa shape index (κ2) is 5.63. The zero-order valence-electron chi connectivity index (χ0n) is 12.0. The molecule has 0 spiro atoms. The van der Waals surface area contributed by atoms with E-state index in [-0.39, 0.29) is 5.41 Å². The summed E-state index contributed by atoms with van der Waals surface area (Å²) < 4.78 is 41.6. The number of hydrogen-bond acceptors (Lipinski definition) is 4. The van der Waals surface area contributed by atoms with Crippen LogP contribution in [0.4, 0.5) is 18.3 Å². The van der Waals surface area contributed by atoms with E-state index >= 15 is 0 Å². The molecule has 0 aliphatic carbocycles. The van der Waals surface area contributed by atoms with Gasteiger partial charge >= 0.3 is 6.18 Å². The molecule has 1 aromatic carbocycles. The van der Waals surface area contributed by atoms with E-state index in [4.69, 9.17) is 0 Å². The Morgan fingerprint density at radius 1 is 1.10 bits per heavy atom. The molecule has 0 saturated heterocycles. The normalized spacial score (nSPS) is 12.5. The molecule has 0 fully saturated rings. The zero-order valence-corrected chi connectivity index (χ0v) is 12.8. The highest BCUT2D eigenvalue weighted by Crippen LogP contribution is 2.29. The summed E-state index contributed by atoms with van der Waals surface area (Å²) in [6.07, 6.45) is -4.30. The van der Waals surface area contributed by atoms with Crippen molar-refractivity contribution in [3.63, 3.8) is 0 Å². The summed E-state index contributed by atoms with van der Waals surface area (Å²) >= 11 is 1.25. The summed E-state index contributed by atoms with van der Waals surface area (Å²) in [6.45, 7) is 6.48. The van der Waals surface area contributed by atoms with E-state index in [0.717, 1.165) is 23.5 Å². The summed E-state index contributed by atoms with van der Waals surface area (Å²) in [6, 6.07) is 5.08. The fraction of sp³-hybridized carbons (Fsp3) is 0.429. The van der Waals surface area contributed by atoms with Gasteiger partial charge in [0.2, 0.25) is 5.13 Å². The third kappa shape index (κ3) is 4.17. The molecule has 0 amide bonds. The lowest BCUT2D eigenvalue weighted by molar-refractivity contribution is -0.137. The van der Waals surface area contributed by atoms with E-state index in [1.165, 1.54) is 23.7 Å². The van der Waals surface area contributed by atoms with Crippen LogP contribution in [0.1, 0.15) is 37.7 Å². The average Bonchev–Trinajstić information content (AvgIpc) is 2.84. The van der Waals surface area contributed by atoms with Crippen molar-refractivity contribution in [3.05, 3.63) is 41.2 Å². The van der Waals surface area contributed by atoms with Gasteiger partial charge in [-0.25, -0.2) is 4.98 Å². The number of hydrogen-bond donors (Lipinski definition) is 1. The van der Waals surface area contributed by atoms with Crippen molar-refractivity contribution in [2.75, 3.05) is 5.32 Å². The standard InChI is InChI=1S/C14H16F3N3S/c1-13(2,3)11-19-12(21-20-11)18-8-9-4-6-10(7-5-9)14(15,16)17/h4-7H,8H2,1-3H3,(H,18,19,20). The minimum atomic E-state index is -4.30. The Kier molecular flexibility index (Phi) is 4.22. The zero-order chi connectivity index (χ0) is 15.7. The Bertz CT molecular complexity index is 597. The maximum Gasteiger partial charge on any atom is 0.416 e. The first-order chi connectivity index (χ1) is 9.66. The summed E-state index contributed by atoms with van der Waals surface area (Å²) in [5, 5.41) is 3.74. The molecular formula is C14H16F3N3S. The Morgan fingerprint density at radius 2 is 1.71 bits per heavy atom. The molecule has 2 aromatic rings. The molecule has 2 rings (SSSR count). The van der Waals surface area contributed by atoms with Gasteiger partial charge in [-0.15, -0.1) is 0 Å². The summed E-state index contributed by atoms with van der Waals surface area (Å²) in [7, 11) is 0. The highest BCUT2D eigenvalue weighted by atomic mass is 32.1. The SMILES string of the molecule is CC(C)(C)c1nsc(NCc2ccc(C(F)(F)F)cc2)n1. The van der Waals surface area contributed by atoms with Crippen LogP contribution in [-0.2, 0) is 18.1 Å². The number of aromatic nitrogens is 2. The van der Waals surface area contributed by atoms with Gasteiger partial charge in [-0.05, 0) is 17.7 Å². The first-order valence-electron chi connectivity index (χ1n) is 6.40. The quantitative estimate of drug-likeness (QED) is 0.908. The van der Waals surface area contributed by atoms with Crippen molar-refractivity contribution in [2.24, 2.45) is 0 Å². The highest BCUT2D eigenvalue weighted by Gasteiger charge is 2.29. The fourth-order valence-electron chi connectivity index (χ4n) is 1.59. The van der Waals surface area contributed by atoms with Gasteiger partial charge in [-0.1, -0.05) is 32.9 Å². The molecule has 0 unspecified atom stereocenters. The van der Waals surface area contributed by atoms with Crippen LogP contribution in [-0.4, -0.2) is 9.36 Å². The van der Waals surface area contributed by atoms with E-state index < -0.39 is 11.7 Å². The first kappa shape index (κ1) is 15.8. The molecular weight excluding hydrogens is 299 g/mol. The lowest BCUT2D eigenvalue weighted by Crippen LogP contribution is -2.13. The molecule has 1 aromatic heterocycles. The average molecular weight is 315 g/mol. The van der Waals surface area contributed by atoms with Gasteiger partial charge in [0, 0.05) is 23.5 Å². The van der Waals surface area contributed by atoms with Gasteiger partial charge in [0.05, 0.1) is 5.56 Å². The van der Waals surface area contributed by atoms with Gasteiger partial charge in [0.25, 0.3) is 0 Å². The van der Waals surface area contributed by atoms with E-state index in [0.29, 0.717) is 11.7 Å². The van der Waals surface area contributed by atoms with Gasteiger partial charge in [0.1, 0.15) is 5.82 Å². The van der Waals surface area contributed by atoms with Crippen LogP contribution in [0, 0.1) is 0 Å². The Morgan fingerprint density at radius 3 is 2.19 bits per heavy atom. The van der Waals surface area contributed by atoms with Gasteiger partial charge in [0.15, 0.2) is 0 Å². The van der Waals surface area contributed by atoms with Crippen molar-refractivity contribution in [3.8, 4) is 0 Å². The molecule has 7 heteroatoms. The molecule has 0 atom stereocenters. The number of nitrogens with one attached hydrogen (secondary N) is 1. The number of anilines is 1. The van der Waals surface area contributed by atoms with E-state index in [2.05, 4.69) is 14.7 Å². The first-order valence-corrected chi connectivity index (χ1v) is 7.18. The predicted molar refractivity (Wildman–Crippen MR) is 77.4 cm³/mol. The second-order valence-electron chi connectivity index (χ2n) is 5.72. The Balaban J connectivity index is 1.99. The second-order valence-corrected chi connectivity index (χ2v) is 6.47. The van der Waals surface area contributed by atoms with E-state index in [1.54, 1.807) is 0 Å². The Hall–Kier alpha value is -1.63. The largest absolute Gasteiger partial charge is 0.416 e. The predicted octanol–water partition coefficient (Wildman–Crippen LogP) is 4.47. The maximum atomic E-state index is 12.5. The molecule has 0 bridgehead atoms. The van der Waals surface area contributed by atoms with Crippen LogP contribution in [0.5, 0.6) is 0 Å². The molecule has 3 nitrogen and oxygen atoms in total. The van der Waals surface area contributed by atoms with Crippen molar-refractivity contribution in [1.82, 2.24) is 9.36 Å². The fourth-order valence-corrected chi connectivity index (χ4v) is 2.34. The third-order valence-corrected chi connectivity index (χ3v) is 3.49. The smallest absolute Gasteiger partial charge is 0.356 e. The van der Waals surface area contributed by atoms with Crippen LogP contribution in [0.3, 0.4) is 0 Å². The lowest BCUT2D eigenvalue weighted by atomic mass is 9.96. The van der Waals surface area contributed by atoms with Crippen LogP contribution in [0.2, 0.25) is 0 Å². The molecule has 0 saturated carbocycles. The van der Waals surface area contributed by atoms with Crippen molar-refractivity contribution < 1.29 is 13.2 Å². The minimum Gasteiger partial charge on any atom is -0.356 e. The molecule has 1 N–H and O–H groups in total.